The molecule has 114 valence electrons. The van der Waals surface area contributed by atoms with Gasteiger partial charge in [-0.3, -0.25) is 4.79 Å². The van der Waals surface area contributed by atoms with E-state index in [1.807, 2.05) is 24.0 Å². The molecule has 2 rings (SSSR count). The molecule has 1 aliphatic rings. The SMILES string of the molecule is CCNC(=O)N1CCC(Cc2ccc(C(N)=O)cc2)CC1. The van der Waals surface area contributed by atoms with Crippen molar-refractivity contribution < 1.29 is 9.59 Å². The number of benzene rings is 1. The van der Waals surface area contributed by atoms with Crippen molar-refractivity contribution in [1.82, 2.24) is 10.2 Å². The summed E-state index contributed by atoms with van der Waals surface area (Å²) < 4.78 is 0. The third kappa shape index (κ3) is 4.21. The van der Waals surface area contributed by atoms with Crippen LogP contribution in [0.4, 0.5) is 4.79 Å². The van der Waals surface area contributed by atoms with Crippen molar-refractivity contribution in [1.29, 1.82) is 0 Å². The number of urea groups is 1. The quantitative estimate of drug-likeness (QED) is 0.886. The lowest BCUT2D eigenvalue weighted by molar-refractivity contribution is 0.1000. The van der Waals surface area contributed by atoms with Crippen molar-refractivity contribution in [3.63, 3.8) is 0 Å². The van der Waals surface area contributed by atoms with E-state index in [2.05, 4.69) is 5.32 Å². The van der Waals surface area contributed by atoms with Gasteiger partial charge in [-0.05, 0) is 49.8 Å². The lowest BCUT2D eigenvalue weighted by atomic mass is 9.90. The first-order valence-corrected chi connectivity index (χ1v) is 7.51. The van der Waals surface area contributed by atoms with E-state index in [0.717, 1.165) is 32.4 Å². The highest BCUT2D eigenvalue weighted by atomic mass is 16.2. The molecule has 0 radical (unpaired) electrons. The highest BCUT2D eigenvalue weighted by Crippen LogP contribution is 2.22. The second-order valence-corrected chi connectivity index (χ2v) is 5.53. The molecule has 1 aromatic rings. The summed E-state index contributed by atoms with van der Waals surface area (Å²) in [7, 11) is 0. The number of carbonyl (C=O) groups is 2. The van der Waals surface area contributed by atoms with Crippen LogP contribution in [0.5, 0.6) is 0 Å². The molecule has 0 atom stereocenters. The summed E-state index contributed by atoms with van der Waals surface area (Å²) >= 11 is 0. The van der Waals surface area contributed by atoms with Crippen LogP contribution in [0.1, 0.15) is 35.7 Å². The number of nitrogens with zero attached hydrogens (tertiary/aromatic N) is 1. The summed E-state index contributed by atoms with van der Waals surface area (Å²) in [6.07, 6.45) is 3.03. The Labute approximate surface area is 125 Å². The van der Waals surface area contributed by atoms with Crippen LogP contribution < -0.4 is 11.1 Å². The van der Waals surface area contributed by atoms with Crippen molar-refractivity contribution >= 4 is 11.9 Å². The fourth-order valence-electron chi connectivity index (χ4n) is 2.74. The average molecular weight is 289 g/mol. The number of likely N-dealkylation sites (tertiary alicyclic amines) is 1. The summed E-state index contributed by atoms with van der Waals surface area (Å²) in [5.41, 5.74) is 7.00. The van der Waals surface area contributed by atoms with Gasteiger partial charge < -0.3 is 16.0 Å². The second kappa shape index (κ2) is 7.11. The fraction of sp³-hybridized carbons (Fsp3) is 0.500. The number of hydrogen-bond donors (Lipinski definition) is 2. The van der Waals surface area contributed by atoms with Gasteiger partial charge in [-0.1, -0.05) is 12.1 Å². The number of carbonyl (C=O) groups excluding carboxylic acids is 2. The first kappa shape index (κ1) is 15.4. The first-order valence-electron chi connectivity index (χ1n) is 7.51. The summed E-state index contributed by atoms with van der Waals surface area (Å²) in [5.74, 6) is 0.201. The number of rotatable bonds is 4. The number of nitrogens with one attached hydrogen (secondary N) is 1. The van der Waals surface area contributed by atoms with Crippen molar-refractivity contribution in [2.75, 3.05) is 19.6 Å². The van der Waals surface area contributed by atoms with Crippen LogP contribution in [-0.4, -0.2) is 36.5 Å². The van der Waals surface area contributed by atoms with Crippen molar-refractivity contribution in [3.05, 3.63) is 35.4 Å². The van der Waals surface area contributed by atoms with E-state index in [4.69, 9.17) is 5.73 Å². The average Bonchev–Trinajstić information content (AvgIpc) is 2.49. The Kier molecular flexibility index (Phi) is 5.20. The Hall–Kier alpha value is -2.04. The molecule has 5 heteroatoms. The zero-order chi connectivity index (χ0) is 15.2. The molecule has 0 saturated carbocycles. The highest BCUT2D eigenvalue weighted by Gasteiger charge is 2.22. The van der Waals surface area contributed by atoms with Crippen LogP contribution in [0, 0.1) is 5.92 Å². The summed E-state index contributed by atoms with van der Waals surface area (Å²) in [4.78, 5) is 24.7. The third-order valence-electron chi connectivity index (χ3n) is 3.99. The number of nitrogens with two attached hydrogens (primary N) is 1. The molecule has 1 aromatic carbocycles. The zero-order valence-electron chi connectivity index (χ0n) is 12.5. The molecule has 21 heavy (non-hydrogen) atoms. The largest absolute Gasteiger partial charge is 0.366 e. The van der Waals surface area contributed by atoms with Crippen LogP contribution in [-0.2, 0) is 6.42 Å². The molecule has 0 unspecified atom stereocenters. The number of primary amides is 1. The molecule has 1 saturated heterocycles. The summed E-state index contributed by atoms with van der Waals surface area (Å²) in [6.45, 7) is 4.23. The maximum atomic E-state index is 11.7. The van der Waals surface area contributed by atoms with Gasteiger partial charge in [0, 0.05) is 25.2 Å². The minimum absolute atomic E-state index is 0.0433. The van der Waals surface area contributed by atoms with Gasteiger partial charge in [0.15, 0.2) is 0 Å². The molecular weight excluding hydrogens is 266 g/mol. The van der Waals surface area contributed by atoms with Crippen LogP contribution in [0.2, 0.25) is 0 Å². The van der Waals surface area contributed by atoms with Crippen LogP contribution in [0.25, 0.3) is 0 Å². The molecule has 5 nitrogen and oxygen atoms in total. The van der Waals surface area contributed by atoms with E-state index in [1.165, 1.54) is 5.56 Å². The van der Waals surface area contributed by atoms with E-state index >= 15 is 0 Å². The van der Waals surface area contributed by atoms with Crippen molar-refractivity contribution in [2.24, 2.45) is 11.7 Å². The predicted octanol–water partition coefficient (Wildman–Crippen LogP) is 1.77. The van der Waals surface area contributed by atoms with Crippen LogP contribution >= 0.6 is 0 Å². The molecular formula is C16H23N3O2. The maximum absolute atomic E-state index is 11.7. The van der Waals surface area contributed by atoms with Crippen molar-refractivity contribution in [3.8, 4) is 0 Å². The molecule has 0 aromatic heterocycles. The first-order chi connectivity index (χ1) is 10.1. The third-order valence-corrected chi connectivity index (χ3v) is 3.99. The molecule has 0 bridgehead atoms. The monoisotopic (exact) mass is 289 g/mol. The van der Waals surface area contributed by atoms with Gasteiger partial charge in [0.25, 0.3) is 0 Å². The Balaban J connectivity index is 1.83. The van der Waals surface area contributed by atoms with Gasteiger partial charge in [0.1, 0.15) is 0 Å². The summed E-state index contributed by atoms with van der Waals surface area (Å²) in [5, 5.41) is 2.84. The maximum Gasteiger partial charge on any atom is 0.317 e. The number of amides is 3. The Morgan fingerprint density at radius 3 is 2.38 bits per heavy atom. The molecule has 3 N–H and O–H groups in total. The second-order valence-electron chi connectivity index (χ2n) is 5.53. The van der Waals surface area contributed by atoms with Gasteiger partial charge in [0.2, 0.25) is 5.91 Å². The molecule has 1 heterocycles. The molecule has 1 aliphatic heterocycles. The molecule has 0 spiro atoms. The zero-order valence-corrected chi connectivity index (χ0v) is 12.5. The molecule has 0 aliphatic carbocycles. The van der Waals surface area contributed by atoms with Gasteiger partial charge in [0.05, 0.1) is 0 Å². The van der Waals surface area contributed by atoms with Gasteiger partial charge >= 0.3 is 6.03 Å². The minimum atomic E-state index is -0.392. The fourth-order valence-corrected chi connectivity index (χ4v) is 2.74. The van der Waals surface area contributed by atoms with Crippen LogP contribution in [0.15, 0.2) is 24.3 Å². The predicted molar refractivity (Wildman–Crippen MR) is 82.0 cm³/mol. The van der Waals surface area contributed by atoms with Crippen molar-refractivity contribution in [2.45, 2.75) is 26.2 Å². The van der Waals surface area contributed by atoms with Gasteiger partial charge in [-0.2, -0.15) is 0 Å². The van der Waals surface area contributed by atoms with E-state index in [1.54, 1.807) is 12.1 Å². The summed E-state index contributed by atoms with van der Waals surface area (Å²) in [6, 6.07) is 7.54. The highest BCUT2D eigenvalue weighted by molar-refractivity contribution is 5.92. The van der Waals surface area contributed by atoms with E-state index in [0.29, 0.717) is 18.0 Å². The minimum Gasteiger partial charge on any atom is -0.366 e. The Bertz CT molecular complexity index is 491. The van der Waals surface area contributed by atoms with Gasteiger partial charge in [-0.25, -0.2) is 4.79 Å². The standard InChI is InChI=1S/C16H23N3O2/c1-2-18-16(21)19-9-7-13(8-10-19)11-12-3-5-14(6-4-12)15(17)20/h3-6,13H,2,7-11H2,1H3,(H2,17,20)(H,18,21). The Morgan fingerprint density at radius 1 is 1.24 bits per heavy atom. The number of hydrogen-bond acceptors (Lipinski definition) is 2. The van der Waals surface area contributed by atoms with E-state index in [-0.39, 0.29) is 6.03 Å². The van der Waals surface area contributed by atoms with Gasteiger partial charge in [-0.15, -0.1) is 0 Å². The molecule has 1 fully saturated rings. The van der Waals surface area contributed by atoms with E-state index < -0.39 is 5.91 Å². The van der Waals surface area contributed by atoms with Crippen LogP contribution in [0.3, 0.4) is 0 Å². The molecule has 3 amide bonds. The lowest BCUT2D eigenvalue weighted by Crippen LogP contribution is -2.44. The lowest BCUT2D eigenvalue weighted by Gasteiger charge is -2.32. The van der Waals surface area contributed by atoms with E-state index in [9.17, 15) is 9.59 Å². The smallest absolute Gasteiger partial charge is 0.317 e. The number of piperidine rings is 1. The normalized spacial score (nSPS) is 15.8. The topological polar surface area (TPSA) is 75.4 Å². The Morgan fingerprint density at radius 2 is 1.86 bits per heavy atom.